The van der Waals surface area contributed by atoms with Crippen molar-refractivity contribution < 1.29 is 9.32 Å². The van der Waals surface area contributed by atoms with E-state index in [1.54, 1.807) is 29.3 Å². The lowest BCUT2D eigenvalue weighted by Gasteiger charge is -2.22. The lowest BCUT2D eigenvalue weighted by molar-refractivity contribution is 0.0944. The number of aryl methyl sites for hydroxylation is 1. The maximum Gasteiger partial charge on any atom is 0.261 e. The second-order valence-electron chi connectivity index (χ2n) is 8.83. The summed E-state index contributed by atoms with van der Waals surface area (Å²) < 4.78 is 6.59. The minimum absolute atomic E-state index is 0.0825. The van der Waals surface area contributed by atoms with Gasteiger partial charge in [-0.2, -0.15) is 0 Å². The van der Waals surface area contributed by atoms with Gasteiger partial charge in [0.25, 0.3) is 11.5 Å². The first-order chi connectivity index (χ1) is 16.6. The SMILES string of the molecule is Cc1nocc1-c1ccc2c(=O)n(Cc3cccc(C(=O)NCC4CCNCC4)c3)cnc2c1. The van der Waals surface area contributed by atoms with Gasteiger partial charge >= 0.3 is 0 Å². The lowest BCUT2D eigenvalue weighted by atomic mass is 9.98. The van der Waals surface area contributed by atoms with Crippen LogP contribution in [0.2, 0.25) is 0 Å². The van der Waals surface area contributed by atoms with E-state index in [2.05, 4.69) is 20.8 Å². The molecule has 0 atom stereocenters. The molecule has 1 aliphatic heterocycles. The number of amides is 1. The summed E-state index contributed by atoms with van der Waals surface area (Å²) in [6.07, 6.45) is 5.31. The molecule has 0 bridgehead atoms. The largest absolute Gasteiger partial charge is 0.364 e. The van der Waals surface area contributed by atoms with E-state index < -0.39 is 0 Å². The van der Waals surface area contributed by atoms with Crippen molar-refractivity contribution in [3.63, 3.8) is 0 Å². The molecule has 0 saturated carbocycles. The van der Waals surface area contributed by atoms with Crippen molar-refractivity contribution in [3.8, 4) is 11.1 Å². The summed E-state index contributed by atoms with van der Waals surface area (Å²) in [5, 5.41) is 10.8. The number of piperidine rings is 1. The van der Waals surface area contributed by atoms with Gasteiger partial charge < -0.3 is 15.2 Å². The maximum absolute atomic E-state index is 13.1. The molecule has 1 aliphatic rings. The first-order valence-corrected chi connectivity index (χ1v) is 11.6. The summed E-state index contributed by atoms with van der Waals surface area (Å²) in [7, 11) is 0. The van der Waals surface area contributed by atoms with Gasteiger partial charge in [-0.25, -0.2) is 4.98 Å². The molecule has 34 heavy (non-hydrogen) atoms. The Hall–Kier alpha value is -3.78. The quantitative estimate of drug-likeness (QED) is 0.461. The van der Waals surface area contributed by atoms with Gasteiger partial charge in [0.2, 0.25) is 0 Å². The number of hydrogen-bond acceptors (Lipinski definition) is 6. The van der Waals surface area contributed by atoms with Crippen molar-refractivity contribution in [3.05, 3.63) is 82.2 Å². The number of aromatic nitrogens is 3. The van der Waals surface area contributed by atoms with Gasteiger partial charge in [0.1, 0.15) is 6.26 Å². The number of carbonyl (C=O) groups is 1. The van der Waals surface area contributed by atoms with E-state index in [4.69, 9.17) is 4.52 Å². The zero-order valence-corrected chi connectivity index (χ0v) is 19.1. The van der Waals surface area contributed by atoms with Gasteiger partial charge in [0.05, 0.1) is 29.5 Å². The Labute approximate surface area is 197 Å². The first-order valence-electron chi connectivity index (χ1n) is 11.6. The Kier molecular flexibility index (Phi) is 6.22. The zero-order chi connectivity index (χ0) is 23.5. The van der Waals surface area contributed by atoms with Gasteiger partial charge in [-0.1, -0.05) is 23.4 Å². The molecule has 4 aromatic rings. The fourth-order valence-electron chi connectivity index (χ4n) is 4.44. The number of nitrogens with one attached hydrogen (secondary N) is 2. The molecule has 8 heteroatoms. The summed E-state index contributed by atoms with van der Waals surface area (Å²) in [6, 6.07) is 12.9. The molecule has 2 aromatic heterocycles. The molecule has 3 heterocycles. The van der Waals surface area contributed by atoms with E-state index in [9.17, 15) is 9.59 Å². The summed E-state index contributed by atoms with van der Waals surface area (Å²) in [5.74, 6) is 0.436. The summed E-state index contributed by atoms with van der Waals surface area (Å²) in [4.78, 5) is 30.3. The van der Waals surface area contributed by atoms with Gasteiger partial charge in [0, 0.05) is 17.7 Å². The van der Waals surface area contributed by atoms with E-state index in [-0.39, 0.29) is 11.5 Å². The Balaban J connectivity index is 1.32. The van der Waals surface area contributed by atoms with E-state index in [0.717, 1.165) is 48.3 Å². The van der Waals surface area contributed by atoms with Crippen molar-refractivity contribution in [1.82, 2.24) is 25.3 Å². The molecule has 2 aromatic carbocycles. The predicted molar refractivity (Wildman–Crippen MR) is 130 cm³/mol. The average Bonchev–Trinajstić information content (AvgIpc) is 3.30. The lowest BCUT2D eigenvalue weighted by Crippen LogP contribution is -2.36. The number of benzene rings is 2. The van der Waals surface area contributed by atoms with Gasteiger partial charge in [-0.15, -0.1) is 0 Å². The van der Waals surface area contributed by atoms with Crippen LogP contribution < -0.4 is 16.2 Å². The normalized spacial score (nSPS) is 14.4. The highest BCUT2D eigenvalue weighted by atomic mass is 16.5. The van der Waals surface area contributed by atoms with Crippen molar-refractivity contribution in [2.24, 2.45) is 5.92 Å². The predicted octanol–water partition coefficient (Wildman–Crippen LogP) is 3.14. The van der Waals surface area contributed by atoms with Gasteiger partial charge in [0.15, 0.2) is 0 Å². The van der Waals surface area contributed by atoms with E-state index in [1.165, 1.54) is 0 Å². The topological polar surface area (TPSA) is 102 Å². The summed E-state index contributed by atoms with van der Waals surface area (Å²) in [5.41, 5.74) is 4.52. The Morgan fingerprint density at radius 1 is 1.21 bits per heavy atom. The zero-order valence-electron chi connectivity index (χ0n) is 19.1. The molecular formula is C26H27N5O3. The van der Waals surface area contributed by atoms with E-state index in [1.807, 2.05) is 37.3 Å². The van der Waals surface area contributed by atoms with Crippen molar-refractivity contribution in [2.45, 2.75) is 26.3 Å². The molecule has 8 nitrogen and oxygen atoms in total. The second kappa shape index (κ2) is 9.61. The second-order valence-corrected chi connectivity index (χ2v) is 8.83. The minimum atomic E-state index is -0.126. The molecule has 0 radical (unpaired) electrons. The van der Waals surface area contributed by atoms with Crippen LogP contribution in [0.5, 0.6) is 0 Å². The minimum Gasteiger partial charge on any atom is -0.364 e. The van der Waals surface area contributed by atoms with Crippen molar-refractivity contribution in [1.29, 1.82) is 0 Å². The van der Waals surface area contributed by atoms with Crippen LogP contribution in [0.15, 0.2) is 64.4 Å². The fourth-order valence-corrected chi connectivity index (χ4v) is 4.44. The van der Waals surface area contributed by atoms with E-state index >= 15 is 0 Å². The third-order valence-corrected chi connectivity index (χ3v) is 6.44. The van der Waals surface area contributed by atoms with Crippen LogP contribution in [0.1, 0.15) is 34.5 Å². The number of carbonyl (C=O) groups excluding carboxylic acids is 1. The molecule has 1 fully saturated rings. The third kappa shape index (κ3) is 4.63. The molecule has 0 unspecified atom stereocenters. The highest BCUT2D eigenvalue weighted by Crippen LogP contribution is 2.24. The fraction of sp³-hybridized carbons (Fsp3) is 0.308. The Bertz CT molecular complexity index is 1380. The summed E-state index contributed by atoms with van der Waals surface area (Å²) >= 11 is 0. The first kappa shape index (κ1) is 22.0. The van der Waals surface area contributed by atoms with Crippen LogP contribution in [0, 0.1) is 12.8 Å². The van der Waals surface area contributed by atoms with E-state index in [0.29, 0.717) is 35.5 Å². The molecule has 0 spiro atoms. The van der Waals surface area contributed by atoms with Gasteiger partial charge in [-0.3, -0.25) is 14.2 Å². The third-order valence-electron chi connectivity index (χ3n) is 6.44. The van der Waals surface area contributed by atoms with Crippen molar-refractivity contribution >= 4 is 16.8 Å². The average molecular weight is 458 g/mol. The molecular weight excluding hydrogens is 430 g/mol. The standard InChI is InChI=1S/C26H27N5O3/c1-17-23(15-34-30-17)20-5-6-22-24(12-20)29-16-31(26(22)33)14-19-3-2-4-21(11-19)25(32)28-13-18-7-9-27-10-8-18/h2-6,11-12,15-16,18,27H,7-10,13-14H2,1H3,(H,28,32). The Morgan fingerprint density at radius 3 is 2.85 bits per heavy atom. The van der Waals surface area contributed by atoms with Crippen LogP contribution in [0.25, 0.3) is 22.0 Å². The van der Waals surface area contributed by atoms with Crippen LogP contribution in [0.4, 0.5) is 0 Å². The van der Waals surface area contributed by atoms with Crippen molar-refractivity contribution in [2.75, 3.05) is 19.6 Å². The molecule has 174 valence electrons. The molecule has 1 amide bonds. The number of rotatable bonds is 6. The number of nitrogens with zero attached hydrogens (tertiary/aromatic N) is 3. The summed E-state index contributed by atoms with van der Waals surface area (Å²) in [6.45, 7) is 4.91. The van der Waals surface area contributed by atoms with Crippen LogP contribution >= 0.6 is 0 Å². The molecule has 1 saturated heterocycles. The molecule has 2 N–H and O–H groups in total. The van der Waals surface area contributed by atoms with Crippen LogP contribution in [0.3, 0.4) is 0 Å². The highest BCUT2D eigenvalue weighted by Gasteiger charge is 2.15. The van der Waals surface area contributed by atoms with Crippen LogP contribution in [-0.4, -0.2) is 40.2 Å². The smallest absolute Gasteiger partial charge is 0.261 e. The number of fused-ring (bicyclic) bond motifs is 1. The highest BCUT2D eigenvalue weighted by molar-refractivity contribution is 5.94. The number of hydrogen-bond donors (Lipinski definition) is 2. The van der Waals surface area contributed by atoms with Crippen LogP contribution in [-0.2, 0) is 6.54 Å². The monoisotopic (exact) mass is 457 g/mol. The maximum atomic E-state index is 13.1. The molecule has 0 aliphatic carbocycles. The molecule has 5 rings (SSSR count). The Morgan fingerprint density at radius 2 is 2.06 bits per heavy atom. The van der Waals surface area contributed by atoms with Gasteiger partial charge in [-0.05, 0) is 74.2 Å².